The number of carbonyl (C=O) groups is 2. The number of thiophene rings is 1. The third-order valence-corrected chi connectivity index (χ3v) is 9.87. The van der Waals surface area contributed by atoms with E-state index in [2.05, 4.69) is 25.9 Å². The summed E-state index contributed by atoms with van der Waals surface area (Å²) < 4.78 is 32.6. The number of urea groups is 1. The van der Waals surface area contributed by atoms with Gasteiger partial charge < -0.3 is 10.6 Å². The fourth-order valence-corrected chi connectivity index (χ4v) is 7.42. The van der Waals surface area contributed by atoms with E-state index in [1.807, 2.05) is 37.1 Å². The van der Waals surface area contributed by atoms with Gasteiger partial charge >= 0.3 is 11.7 Å². The zero-order chi connectivity index (χ0) is 38.4. The van der Waals surface area contributed by atoms with Crippen molar-refractivity contribution < 1.29 is 23.2 Å². The number of rotatable bonds is 13. The SMILES string of the molecule is CCNC(=O)Cc1ccc(-n2c(=O)c3c(CN(C)Cc4ccccn4)c(-c4ccc(NC(=O)NOC)cc4)sc3n(Cc3c(F)cccc3F)c2=O)cc1. The van der Waals surface area contributed by atoms with Crippen molar-refractivity contribution in [3.8, 4) is 16.1 Å². The van der Waals surface area contributed by atoms with Gasteiger partial charge in [0.1, 0.15) is 16.5 Å². The number of amides is 3. The van der Waals surface area contributed by atoms with E-state index >= 15 is 8.78 Å². The zero-order valence-corrected chi connectivity index (χ0v) is 30.5. The highest BCUT2D eigenvalue weighted by molar-refractivity contribution is 7.22. The summed E-state index contributed by atoms with van der Waals surface area (Å²) in [5.41, 5.74) is 3.85. The molecule has 0 saturated carbocycles. The summed E-state index contributed by atoms with van der Waals surface area (Å²) in [6.45, 7) is 2.46. The fourth-order valence-electron chi connectivity index (χ4n) is 6.12. The van der Waals surface area contributed by atoms with Crippen LogP contribution in [0.25, 0.3) is 26.3 Å². The number of fused-ring (bicyclic) bond motifs is 1. The maximum Gasteiger partial charge on any atom is 0.343 e. The van der Waals surface area contributed by atoms with E-state index in [-0.39, 0.29) is 40.3 Å². The fraction of sp³-hybridized carbons (Fsp3) is 0.205. The zero-order valence-electron chi connectivity index (χ0n) is 29.7. The highest BCUT2D eigenvalue weighted by atomic mass is 32.1. The number of hydrogen-bond acceptors (Lipinski definition) is 8. The van der Waals surface area contributed by atoms with Crippen LogP contribution >= 0.6 is 11.3 Å². The summed E-state index contributed by atoms with van der Waals surface area (Å²) in [6, 6.07) is 21.8. The van der Waals surface area contributed by atoms with Gasteiger partial charge in [0.25, 0.3) is 5.56 Å². The Morgan fingerprint density at radius 3 is 2.28 bits per heavy atom. The Morgan fingerprint density at radius 2 is 1.63 bits per heavy atom. The average molecular weight is 754 g/mol. The van der Waals surface area contributed by atoms with E-state index < -0.39 is 35.5 Å². The number of nitrogens with one attached hydrogen (secondary N) is 3. The van der Waals surface area contributed by atoms with Crippen LogP contribution in [0, 0.1) is 11.6 Å². The van der Waals surface area contributed by atoms with E-state index in [4.69, 9.17) is 0 Å². The van der Waals surface area contributed by atoms with Crippen LogP contribution in [-0.4, -0.2) is 51.7 Å². The Balaban J connectivity index is 1.57. The van der Waals surface area contributed by atoms with Gasteiger partial charge in [-0.25, -0.2) is 28.4 Å². The van der Waals surface area contributed by atoms with Crippen LogP contribution in [0.2, 0.25) is 0 Å². The highest BCUT2D eigenvalue weighted by Gasteiger charge is 2.26. The van der Waals surface area contributed by atoms with E-state index in [9.17, 15) is 19.2 Å². The molecule has 0 aliphatic carbocycles. The van der Waals surface area contributed by atoms with Crippen molar-refractivity contribution >= 4 is 39.2 Å². The normalized spacial score (nSPS) is 11.2. The third kappa shape index (κ3) is 8.28. The molecule has 6 rings (SSSR count). The van der Waals surface area contributed by atoms with Crippen LogP contribution in [0.4, 0.5) is 19.3 Å². The van der Waals surface area contributed by atoms with Gasteiger partial charge in [0, 0.05) is 42.0 Å². The first-order valence-corrected chi connectivity index (χ1v) is 17.8. The van der Waals surface area contributed by atoms with Crippen molar-refractivity contribution in [3.63, 3.8) is 0 Å². The van der Waals surface area contributed by atoms with Gasteiger partial charge in [0.05, 0.1) is 36.8 Å². The number of likely N-dealkylation sites (N-methyl/N-ethyl adjacent to an activating group) is 1. The predicted octanol–water partition coefficient (Wildman–Crippen LogP) is 5.60. The number of anilines is 1. The van der Waals surface area contributed by atoms with E-state index in [1.165, 1.54) is 17.7 Å². The van der Waals surface area contributed by atoms with Crippen molar-refractivity contribution in [2.45, 2.75) is 33.0 Å². The minimum Gasteiger partial charge on any atom is -0.356 e. The molecule has 15 heteroatoms. The molecule has 12 nitrogen and oxygen atoms in total. The van der Waals surface area contributed by atoms with E-state index in [0.717, 1.165) is 33.7 Å². The third-order valence-electron chi connectivity index (χ3n) is 8.57. The number of halogens is 2. The molecular weight excluding hydrogens is 717 g/mol. The van der Waals surface area contributed by atoms with Crippen LogP contribution in [-0.2, 0) is 35.7 Å². The maximum atomic E-state index is 15.2. The summed E-state index contributed by atoms with van der Waals surface area (Å²) in [4.78, 5) is 65.4. The molecule has 54 heavy (non-hydrogen) atoms. The predicted molar refractivity (Wildman–Crippen MR) is 204 cm³/mol. The maximum absolute atomic E-state index is 15.2. The van der Waals surface area contributed by atoms with E-state index in [1.54, 1.807) is 54.7 Å². The number of nitrogens with zero attached hydrogens (tertiary/aromatic N) is 4. The lowest BCUT2D eigenvalue weighted by Gasteiger charge is -2.18. The van der Waals surface area contributed by atoms with Gasteiger partial charge in [-0.3, -0.25) is 28.9 Å². The number of aromatic nitrogens is 3. The number of hydrogen-bond donors (Lipinski definition) is 3. The first-order valence-electron chi connectivity index (χ1n) is 17.0. The summed E-state index contributed by atoms with van der Waals surface area (Å²) >= 11 is 1.16. The van der Waals surface area contributed by atoms with Crippen LogP contribution in [0.15, 0.2) is 101 Å². The van der Waals surface area contributed by atoms with Gasteiger partial charge in [-0.05, 0) is 79.2 Å². The van der Waals surface area contributed by atoms with Crippen molar-refractivity contribution in [1.29, 1.82) is 0 Å². The topological polar surface area (TPSA) is 140 Å². The molecule has 0 aliphatic rings. The minimum atomic E-state index is -0.838. The van der Waals surface area contributed by atoms with Crippen LogP contribution < -0.4 is 27.4 Å². The number of hydroxylamine groups is 1. The summed E-state index contributed by atoms with van der Waals surface area (Å²) in [5, 5.41) is 5.60. The van der Waals surface area contributed by atoms with E-state index in [0.29, 0.717) is 40.3 Å². The molecule has 0 unspecified atom stereocenters. The second kappa shape index (κ2) is 16.8. The molecule has 0 radical (unpaired) electrons. The summed E-state index contributed by atoms with van der Waals surface area (Å²) in [7, 11) is 3.19. The molecule has 0 saturated heterocycles. The molecule has 3 N–H and O–H groups in total. The molecule has 3 aromatic carbocycles. The molecule has 278 valence electrons. The monoisotopic (exact) mass is 753 g/mol. The number of pyridine rings is 1. The largest absolute Gasteiger partial charge is 0.356 e. The van der Waals surface area contributed by atoms with Gasteiger partial charge in [-0.15, -0.1) is 11.3 Å². The molecule has 0 spiro atoms. The Morgan fingerprint density at radius 1 is 0.907 bits per heavy atom. The molecular formula is C39H37F2N7O5S. The second-order valence-electron chi connectivity index (χ2n) is 12.4. The Hall–Kier alpha value is -6.03. The Kier molecular flexibility index (Phi) is 11.7. The number of benzene rings is 3. The average Bonchev–Trinajstić information content (AvgIpc) is 3.51. The molecule has 3 aromatic heterocycles. The number of carbonyl (C=O) groups excluding carboxylic acids is 2. The van der Waals surface area contributed by atoms with Gasteiger partial charge in [0.2, 0.25) is 5.91 Å². The first-order chi connectivity index (χ1) is 26.1. The quantitative estimate of drug-likeness (QED) is 0.131. The summed E-state index contributed by atoms with van der Waals surface area (Å²) in [5.74, 6) is -1.85. The molecule has 3 amide bonds. The van der Waals surface area contributed by atoms with Gasteiger partial charge in [-0.2, -0.15) is 0 Å². The van der Waals surface area contributed by atoms with Crippen molar-refractivity contribution in [3.05, 3.63) is 146 Å². The molecule has 0 bridgehead atoms. The Labute approximate surface area is 312 Å². The highest BCUT2D eigenvalue weighted by Crippen LogP contribution is 2.39. The van der Waals surface area contributed by atoms with Gasteiger partial charge in [-0.1, -0.05) is 36.4 Å². The van der Waals surface area contributed by atoms with Crippen LogP contribution in [0.5, 0.6) is 0 Å². The van der Waals surface area contributed by atoms with Crippen LogP contribution in [0.1, 0.15) is 29.3 Å². The van der Waals surface area contributed by atoms with Crippen LogP contribution in [0.3, 0.4) is 0 Å². The molecule has 3 heterocycles. The molecule has 0 atom stereocenters. The van der Waals surface area contributed by atoms with Crippen molar-refractivity contribution in [2.24, 2.45) is 0 Å². The second-order valence-corrected chi connectivity index (χ2v) is 13.4. The Bertz CT molecular complexity index is 2390. The lowest BCUT2D eigenvalue weighted by molar-refractivity contribution is -0.120. The molecule has 0 fully saturated rings. The minimum absolute atomic E-state index is 0.102. The first kappa shape index (κ1) is 37.7. The summed E-state index contributed by atoms with van der Waals surface area (Å²) in [6.07, 6.45) is 1.79. The smallest absolute Gasteiger partial charge is 0.343 e. The molecule has 6 aromatic rings. The lowest BCUT2D eigenvalue weighted by Crippen LogP contribution is -2.39. The van der Waals surface area contributed by atoms with Crippen molar-refractivity contribution in [1.82, 2.24) is 29.8 Å². The molecule has 0 aliphatic heterocycles. The standard InChI is InChI=1S/C39H37F2N7O5S/c1-4-42-33(49)20-24-11-17-28(18-12-24)48-36(50)34-30(22-46(2)21-27-8-5-6-19-43-27)35(25-13-15-26(16-14-25)44-38(51)45-53-3)54-37(34)47(39(48)52)23-29-31(40)9-7-10-32(29)41/h5-19H,4,20-23H2,1-3H3,(H,42,49)(H2,44,45,51). The van der Waals surface area contributed by atoms with Crippen molar-refractivity contribution in [2.75, 3.05) is 26.0 Å². The lowest BCUT2D eigenvalue weighted by atomic mass is 10.1. The van der Waals surface area contributed by atoms with Gasteiger partial charge in [0.15, 0.2) is 0 Å².